The van der Waals surface area contributed by atoms with Crippen molar-refractivity contribution in [3.8, 4) is 0 Å². The van der Waals surface area contributed by atoms with Crippen LogP contribution in [0.3, 0.4) is 0 Å². The van der Waals surface area contributed by atoms with E-state index in [2.05, 4.69) is 35.9 Å². The molecule has 15 heavy (non-hydrogen) atoms. The van der Waals surface area contributed by atoms with Crippen LogP contribution in [-0.4, -0.2) is 21.2 Å². The Labute approximate surface area is 91.6 Å². The van der Waals surface area contributed by atoms with E-state index in [9.17, 15) is 8.42 Å². The van der Waals surface area contributed by atoms with Crippen LogP contribution < -0.4 is 4.72 Å². The molecular formula is C11H17NO2S. The SMILES string of the molecule is Cc1ccc(CCCNS(C)(=O)=O)cc1. The third-order valence-corrected chi connectivity index (χ3v) is 2.86. The second-order valence-electron chi connectivity index (χ2n) is 3.76. The summed E-state index contributed by atoms with van der Waals surface area (Å²) in [4.78, 5) is 0. The van der Waals surface area contributed by atoms with Gasteiger partial charge in [-0.15, -0.1) is 0 Å². The first-order valence-electron chi connectivity index (χ1n) is 4.97. The van der Waals surface area contributed by atoms with Crippen LogP contribution >= 0.6 is 0 Å². The largest absolute Gasteiger partial charge is 0.215 e. The van der Waals surface area contributed by atoms with Crippen molar-refractivity contribution in [1.82, 2.24) is 4.72 Å². The highest BCUT2D eigenvalue weighted by molar-refractivity contribution is 7.88. The standard InChI is InChI=1S/C11H17NO2S/c1-10-5-7-11(8-6-10)4-3-9-12-15(2,13)14/h5-8,12H,3-4,9H2,1-2H3. The van der Waals surface area contributed by atoms with Crippen molar-refractivity contribution in [3.63, 3.8) is 0 Å². The monoisotopic (exact) mass is 227 g/mol. The molecule has 84 valence electrons. The number of hydrogen-bond acceptors (Lipinski definition) is 2. The van der Waals surface area contributed by atoms with Crippen molar-refractivity contribution in [2.75, 3.05) is 12.8 Å². The van der Waals surface area contributed by atoms with E-state index < -0.39 is 10.0 Å². The molecule has 0 aliphatic carbocycles. The Balaban J connectivity index is 2.29. The topological polar surface area (TPSA) is 46.2 Å². The molecule has 1 aromatic rings. The quantitative estimate of drug-likeness (QED) is 0.774. The maximum absolute atomic E-state index is 10.8. The molecule has 0 unspecified atom stereocenters. The van der Waals surface area contributed by atoms with Gasteiger partial charge in [-0.2, -0.15) is 0 Å². The molecule has 0 aliphatic heterocycles. The van der Waals surface area contributed by atoms with Crippen LogP contribution in [0, 0.1) is 6.92 Å². The predicted octanol–water partition coefficient (Wildman–Crippen LogP) is 1.48. The van der Waals surface area contributed by atoms with Crippen molar-refractivity contribution in [1.29, 1.82) is 0 Å². The Kier molecular flexibility index (Phi) is 4.29. The average molecular weight is 227 g/mol. The van der Waals surface area contributed by atoms with Crippen LogP contribution in [0.25, 0.3) is 0 Å². The molecule has 1 aromatic carbocycles. The number of aryl methyl sites for hydroxylation is 2. The van der Waals surface area contributed by atoms with Crippen LogP contribution in [0.1, 0.15) is 17.5 Å². The van der Waals surface area contributed by atoms with Gasteiger partial charge in [-0.25, -0.2) is 13.1 Å². The minimum Gasteiger partial charge on any atom is -0.215 e. The van der Waals surface area contributed by atoms with Gasteiger partial charge in [-0.1, -0.05) is 29.8 Å². The summed E-state index contributed by atoms with van der Waals surface area (Å²) in [6.07, 6.45) is 2.91. The lowest BCUT2D eigenvalue weighted by atomic mass is 10.1. The molecule has 0 radical (unpaired) electrons. The molecule has 0 aliphatic rings. The molecule has 0 heterocycles. The highest BCUT2D eigenvalue weighted by atomic mass is 32.2. The Hall–Kier alpha value is -0.870. The highest BCUT2D eigenvalue weighted by Gasteiger charge is 1.99. The van der Waals surface area contributed by atoms with E-state index in [0.29, 0.717) is 6.54 Å². The van der Waals surface area contributed by atoms with Gasteiger partial charge in [0, 0.05) is 6.54 Å². The Morgan fingerprint density at radius 2 is 1.80 bits per heavy atom. The number of nitrogens with one attached hydrogen (secondary N) is 1. The van der Waals surface area contributed by atoms with Gasteiger partial charge in [0.15, 0.2) is 0 Å². The molecule has 0 fully saturated rings. The molecule has 0 spiro atoms. The first-order chi connectivity index (χ1) is 6.97. The van der Waals surface area contributed by atoms with Crippen LogP contribution in [0.15, 0.2) is 24.3 Å². The van der Waals surface area contributed by atoms with Gasteiger partial charge in [0.25, 0.3) is 0 Å². The predicted molar refractivity (Wildman–Crippen MR) is 62.3 cm³/mol. The van der Waals surface area contributed by atoms with Crippen LogP contribution in [0.4, 0.5) is 0 Å². The highest BCUT2D eigenvalue weighted by Crippen LogP contribution is 2.05. The lowest BCUT2D eigenvalue weighted by Crippen LogP contribution is -2.23. The fraction of sp³-hybridized carbons (Fsp3) is 0.455. The van der Waals surface area contributed by atoms with Crippen molar-refractivity contribution in [2.45, 2.75) is 19.8 Å². The third kappa shape index (κ3) is 5.54. The van der Waals surface area contributed by atoms with E-state index >= 15 is 0 Å². The maximum Gasteiger partial charge on any atom is 0.208 e. The van der Waals surface area contributed by atoms with E-state index in [1.807, 2.05) is 0 Å². The minimum absolute atomic E-state index is 0.507. The summed E-state index contributed by atoms with van der Waals surface area (Å²) in [6, 6.07) is 8.30. The molecule has 4 heteroatoms. The second-order valence-corrected chi connectivity index (χ2v) is 5.59. The Morgan fingerprint density at radius 1 is 1.20 bits per heavy atom. The summed E-state index contributed by atoms with van der Waals surface area (Å²) in [5, 5.41) is 0. The van der Waals surface area contributed by atoms with Gasteiger partial charge in [0.1, 0.15) is 0 Å². The molecule has 0 saturated carbocycles. The van der Waals surface area contributed by atoms with Crippen molar-refractivity contribution in [2.24, 2.45) is 0 Å². The zero-order chi connectivity index (χ0) is 11.3. The maximum atomic E-state index is 10.8. The lowest BCUT2D eigenvalue weighted by Gasteiger charge is -2.03. The van der Waals surface area contributed by atoms with E-state index in [1.165, 1.54) is 17.4 Å². The van der Waals surface area contributed by atoms with Gasteiger partial charge < -0.3 is 0 Å². The fourth-order valence-corrected chi connectivity index (χ4v) is 1.82. The van der Waals surface area contributed by atoms with E-state index in [-0.39, 0.29) is 0 Å². The molecule has 0 aromatic heterocycles. The molecule has 1 N–H and O–H groups in total. The van der Waals surface area contributed by atoms with Crippen LogP contribution in [0.5, 0.6) is 0 Å². The zero-order valence-electron chi connectivity index (χ0n) is 9.16. The summed E-state index contributed by atoms with van der Waals surface area (Å²) < 4.78 is 24.0. The number of rotatable bonds is 5. The summed E-state index contributed by atoms with van der Waals surface area (Å²) in [5.74, 6) is 0. The van der Waals surface area contributed by atoms with E-state index in [0.717, 1.165) is 12.8 Å². The summed E-state index contributed by atoms with van der Waals surface area (Å²) >= 11 is 0. The second kappa shape index (κ2) is 5.28. The van der Waals surface area contributed by atoms with Gasteiger partial charge in [0.05, 0.1) is 6.26 Å². The first kappa shape index (κ1) is 12.2. The number of benzene rings is 1. The Morgan fingerprint density at radius 3 is 2.33 bits per heavy atom. The van der Waals surface area contributed by atoms with Gasteiger partial charge in [0.2, 0.25) is 10.0 Å². The van der Waals surface area contributed by atoms with Gasteiger partial charge in [-0.05, 0) is 25.3 Å². The molecule has 1 rings (SSSR count). The minimum atomic E-state index is -3.04. The van der Waals surface area contributed by atoms with E-state index in [1.54, 1.807) is 0 Å². The molecule has 0 atom stereocenters. The zero-order valence-corrected chi connectivity index (χ0v) is 9.97. The summed E-state index contributed by atoms with van der Waals surface area (Å²) in [5.41, 5.74) is 2.49. The molecule has 0 saturated heterocycles. The van der Waals surface area contributed by atoms with Gasteiger partial charge in [-0.3, -0.25) is 0 Å². The van der Waals surface area contributed by atoms with Gasteiger partial charge >= 0.3 is 0 Å². The molecule has 0 bridgehead atoms. The number of hydrogen-bond donors (Lipinski definition) is 1. The molecule has 3 nitrogen and oxygen atoms in total. The smallest absolute Gasteiger partial charge is 0.208 e. The third-order valence-electron chi connectivity index (χ3n) is 2.13. The van der Waals surface area contributed by atoms with Crippen molar-refractivity contribution in [3.05, 3.63) is 35.4 Å². The van der Waals surface area contributed by atoms with Crippen molar-refractivity contribution >= 4 is 10.0 Å². The van der Waals surface area contributed by atoms with E-state index in [4.69, 9.17) is 0 Å². The van der Waals surface area contributed by atoms with Crippen LogP contribution in [0.2, 0.25) is 0 Å². The van der Waals surface area contributed by atoms with Crippen molar-refractivity contribution < 1.29 is 8.42 Å². The Bertz CT molecular complexity index is 395. The molecular weight excluding hydrogens is 210 g/mol. The first-order valence-corrected chi connectivity index (χ1v) is 6.87. The summed E-state index contributed by atoms with van der Waals surface area (Å²) in [7, 11) is -3.04. The lowest BCUT2D eigenvalue weighted by molar-refractivity contribution is 0.585. The normalized spacial score (nSPS) is 11.6. The van der Waals surface area contributed by atoms with Crippen LogP contribution in [-0.2, 0) is 16.4 Å². The molecule has 0 amide bonds. The number of sulfonamides is 1. The fourth-order valence-electron chi connectivity index (χ4n) is 1.30. The summed E-state index contributed by atoms with van der Waals surface area (Å²) in [6.45, 7) is 2.56. The average Bonchev–Trinajstić information content (AvgIpc) is 2.14.